The van der Waals surface area contributed by atoms with E-state index in [1.807, 2.05) is 30.3 Å². The summed E-state index contributed by atoms with van der Waals surface area (Å²) in [7, 11) is 0. The average Bonchev–Trinajstić information content (AvgIpc) is 3.29. The molecule has 1 amide bonds. The number of halogens is 2. The van der Waals surface area contributed by atoms with Crippen LogP contribution in [0.5, 0.6) is 0 Å². The summed E-state index contributed by atoms with van der Waals surface area (Å²) < 4.78 is 0. The highest BCUT2D eigenvalue weighted by Crippen LogP contribution is 2.47. The number of hydrazone groups is 1. The van der Waals surface area contributed by atoms with Gasteiger partial charge in [-0.1, -0.05) is 54.4 Å². The van der Waals surface area contributed by atoms with Gasteiger partial charge in [0, 0.05) is 28.1 Å². The number of nitro benzene ring substituents is 2. The molecule has 3 atom stereocenters. The molecule has 2 aliphatic rings. The van der Waals surface area contributed by atoms with E-state index in [0.717, 1.165) is 53.5 Å². The number of amides is 1. The number of non-ortho nitro benzene ring substituents is 2. The van der Waals surface area contributed by atoms with Gasteiger partial charge < -0.3 is 0 Å². The maximum atomic E-state index is 13.9. The largest absolute Gasteiger partial charge is 0.277 e. The van der Waals surface area contributed by atoms with Crippen LogP contribution < -0.4 is 0 Å². The summed E-state index contributed by atoms with van der Waals surface area (Å²) in [6.45, 7) is 2.14. The zero-order valence-corrected chi connectivity index (χ0v) is 22.2. The summed E-state index contributed by atoms with van der Waals surface area (Å²) in [6, 6.07) is 16.9. The minimum absolute atomic E-state index is 0.161. The molecule has 0 unspecified atom stereocenters. The van der Waals surface area contributed by atoms with E-state index >= 15 is 0 Å². The molecule has 5 rings (SSSR count). The van der Waals surface area contributed by atoms with E-state index in [-0.39, 0.29) is 17.4 Å². The highest BCUT2D eigenvalue weighted by atomic mass is 35.5. The quantitative estimate of drug-likeness (QED) is 0.235. The number of allylic oxidation sites excluding steroid dienone is 1. The Balaban J connectivity index is 1.63. The molecular weight excluding hydrogens is 543 g/mol. The average molecular weight is 565 g/mol. The van der Waals surface area contributed by atoms with Gasteiger partial charge in [-0.3, -0.25) is 25.0 Å². The van der Waals surface area contributed by atoms with Crippen LogP contribution >= 0.6 is 23.2 Å². The van der Waals surface area contributed by atoms with Crippen molar-refractivity contribution < 1.29 is 14.6 Å². The Morgan fingerprint density at radius 1 is 0.949 bits per heavy atom. The van der Waals surface area contributed by atoms with Crippen molar-refractivity contribution in [3.63, 3.8) is 0 Å². The fourth-order valence-corrected chi connectivity index (χ4v) is 5.52. The summed E-state index contributed by atoms with van der Waals surface area (Å²) in [5, 5.41) is 30.2. The first kappa shape index (κ1) is 26.5. The number of benzene rings is 3. The van der Waals surface area contributed by atoms with Gasteiger partial charge in [0.25, 0.3) is 17.3 Å². The van der Waals surface area contributed by atoms with Crippen LogP contribution in [0.4, 0.5) is 11.4 Å². The monoisotopic (exact) mass is 564 g/mol. The van der Waals surface area contributed by atoms with Crippen LogP contribution in [0.2, 0.25) is 10.0 Å². The summed E-state index contributed by atoms with van der Waals surface area (Å²) in [4.78, 5) is 35.3. The number of carbonyl (C=O) groups excluding carboxylic acids is 1. The molecule has 1 fully saturated rings. The Hall–Kier alpha value is -4.08. The van der Waals surface area contributed by atoms with Crippen LogP contribution in [-0.2, 0) is 0 Å². The molecule has 0 radical (unpaired) electrons. The predicted molar refractivity (Wildman–Crippen MR) is 149 cm³/mol. The van der Waals surface area contributed by atoms with Crippen LogP contribution in [0.15, 0.2) is 77.4 Å². The molecule has 0 bridgehead atoms. The molecule has 0 N–H and O–H groups in total. The van der Waals surface area contributed by atoms with Crippen molar-refractivity contribution in [2.24, 2.45) is 16.9 Å². The number of nitrogens with zero attached hydrogens (tertiary/aromatic N) is 4. The van der Waals surface area contributed by atoms with Gasteiger partial charge in [-0.2, -0.15) is 5.10 Å². The van der Waals surface area contributed by atoms with Crippen LogP contribution in [0.25, 0.3) is 6.08 Å². The number of hydrogen-bond donors (Lipinski definition) is 0. The Morgan fingerprint density at radius 3 is 2.08 bits per heavy atom. The maximum Gasteiger partial charge on any atom is 0.277 e. The van der Waals surface area contributed by atoms with E-state index in [2.05, 4.69) is 6.92 Å². The normalized spacial score (nSPS) is 21.4. The lowest BCUT2D eigenvalue weighted by Crippen LogP contribution is -2.33. The second kappa shape index (κ2) is 10.6. The van der Waals surface area contributed by atoms with E-state index < -0.39 is 33.2 Å². The van der Waals surface area contributed by atoms with Crippen LogP contribution in [0.1, 0.15) is 47.3 Å². The second-order valence-electron chi connectivity index (χ2n) is 9.76. The zero-order valence-electron chi connectivity index (χ0n) is 20.7. The van der Waals surface area contributed by atoms with Gasteiger partial charge in [0.15, 0.2) is 0 Å². The highest BCUT2D eigenvalue weighted by Gasteiger charge is 2.45. The third kappa shape index (κ3) is 5.41. The molecule has 9 nitrogen and oxygen atoms in total. The molecule has 198 valence electrons. The van der Waals surface area contributed by atoms with Gasteiger partial charge in [0.1, 0.15) is 0 Å². The minimum Gasteiger partial charge on any atom is -0.267 e. The zero-order chi connectivity index (χ0) is 27.8. The molecule has 0 aromatic heterocycles. The van der Waals surface area contributed by atoms with E-state index in [4.69, 9.17) is 28.3 Å². The van der Waals surface area contributed by atoms with E-state index in [1.165, 1.54) is 5.01 Å². The number of fused-ring (bicyclic) bond motifs is 1. The standard InChI is InChI=1S/C28H22Cl2N4O5/c1-16-10-19(12-17-2-6-21(29)7-3-17)26-25(11-16)27(18-4-8-22(30)9-5-18)32(31-26)28(35)20-13-23(33(36)37)15-24(14-20)34(38)39/h2-9,12-16,25,27H,10-11H2,1H3/b19-12+/t16-,25-,27-/m1/s1. The first-order valence-electron chi connectivity index (χ1n) is 12.2. The lowest BCUT2D eigenvalue weighted by Gasteiger charge is -2.32. The molecular formula is C28H22Cl2N4O5. The molecule has 1 saturated carbocycles. The van der Waals surface area contributed by atoms with Crippen LogP contribution in [-0.4, -0.2) is 26.5 Å². The van der Waals surface area contributed by atoms with Gasteiger partial charge in [0.2, 0.25) is 0 Å². The Labute approximate surface area is 233 Å². The summed E-state index contributed by atoms with van der Waals surface area (Å²) >= 11 is 12.2. The van der Waals surface area contributed by atoms with Crippen LogP contribution in [0.3, 0.4) is 0 Å². The molecule has 39 heavy (non-hydrogen) atoms. The van der Waals surface area contributed by atoms with Gasteiger partial charge in [-0.15, -0.1) is 0 Å². The van der Waals surface area contributed by atoms with E-state index in [9.17, 15) is 25.0 Å². The minimum atomic E-state index is -0.759. The van der Waals surface area contributed by atoms with Crippen molar-refractivity contribution in [3.05, 3.63) is 119 Å². The lowest BCUT2D eigenvalue weighted by atomic mass is 9.73. The Kier molecular flexibility index (Phi) is 7.20. The summed E-state index contributed by atoms with van der Waals surface area (Å²) in [6.07, 6.45) is 3.53. The van der Waals surface area contributed by atoms with Crippen molar-refractivity contribution >= 4 is 52.3 Å². The van der Waals surface area contributed by atoms with Crippen molar-refractivity contribution in [2.45, 2.75) is 25.8 Å². The SMILES string of the molecule is C[C@@H]1C/C(=C\c2ccc(Cl)cc2)C2=NN(C(=O)c3cc([N+](=O)[O-])cc([N+](=O)[O-])c3)[C@H](c3ccc(Cl)cc3)[C@@H]2C1. The number of rotatable bonds is 5. The van der Waals surface area contributed by atoms with Gasteiger partial charge in [0.05, 0.1) is 33.2 Å². The van der Waals surface area contributed by atoms with Crippen molar-refractivity contribution in [1.82, 2.24) is 5.01 Å². The van der Waals surface area contributed by atoms with Crippen molar-refractivity contribution in [1.29, 1.82) is 0 Å². The highest BCUT2D eigenvalue weighted by molar-refractivity contribution is 6.30. The topological polar surface area (TPSA) is 119 Å². The van der Waals surface area contributed by atoms with Gasteiger partial charge in [-0.05, 0) is 65.8 Å². The van der Waals surface area contributed by atoms with Crippen LogP contribution in [0, 0.1) is 32.1 Å². The van der Waals surface area contributed by atoms with E-state index in [1.54, 1.807) is 24.3 Å². The molecule has 1 aliphatic heterocycles. The van der Waals surface area contributed by atoms with Crippen molar-refractivity contribution in [2.75, 3.05) is 0 Å². The molecule has 0 saturated heterocycles. The van der Waals surface area contributed by atoms with Gasteiger partial charge >= 0.3 is 0 Å². The smallest absolute Gasteiger partial charge is 0.267 e. The Bertz CT molecular complexity index is 1500. The first-order chi connectivity index (χ1) is 18.6. The molecule has 1 aliphatic carbocycles. The molecule has 3 aromatic carbocycles. The molecule has 0 spiro atoms. The Morgan fingerprint density at radius 2 is 1.51 bits per heavy atom. The number of nitro groups is 2. The van der Waals surface area contributed by atoms with E-state index in [0.29, 0.717) is 10.0 Å². The second-order valence-corrected chi connectivity index (χ2v) is 10.6. The van der Waals surface area contributed by atoms with Gasteiger partial charge in [-0.25, -0.2) is 5.01 Å². The lowest BCUT2D eigenvalue weighted by molar-refractivity contribution is -0.394. The fourth-order valence-electron chi connectivity index (χ4n) is 5.27. The molecule has 1 heterocycles. The maximum absolute atomic E-state index is 13.9. The summed E-state index contributed by atoms with van der Waals surface area (Å²) in [5.41, 5.74) is 2.17. The number of carbonyl (C=O) groups is 1. The fraction of sp³-hybridized carbons (Fsp3) is 0.214. The third-order valence-corrected chi connectivity index (χ3v) is 7.47. The number of hydrogen-bond acceptors (Lipinski definition) is 6. The summed E-state index contributed by atoms with van der Waals surface area (Å²) in [5.74, 6) is -0.537. The predicted octanol–water partition coefficient (Wildman–Crippen LogP) is 7.49. The molecule has 11 heteroatoms. The third-order valence-electron chi connectivity index (χ3n) is 6.97. The van der Waals surface area contributed by atoms with Crippen molar-refractivity contribution in [3.8, 4) is 0 Å². The molecule has 3 aromatic rings. The first-order valence-corrected chi connectivity index (χ1v) is 12.9.